The molecule has 2 rings (SSSR count). The van der Waals surface area contributed by atoms with E-state index in [2.05, 4.69) is 26.7 Å². The van der Waals surface area contributed by atoms with Crippen LogP contribution in [0.3, 0.4) is 0 Å². The van der Waals surface area contributed by atoms with Gasteiger partial charge in [-0.25, -0.2) is 15.0 Å². The van der Waals surface area contributed by atoms with Crippen LogP contribution in [-0.2, 0) is 16.0 Å². The molecule has 110 valence electrons. The minimum atomic E-state index is -0.115. The normalized spacial score (nSPS) is 15.8. The molecule has 2 amide bonds. The lowest BCUT2D eigenvalue weighted by Crippen LogP contribution is -2.41. The second-order valence-electron chi connectivity index (χ2n) is 4.66. The zero-order chi connectivity index (χ0) is 15.2. The molecule has 1 aliphatic rings. The Labute approximate surface area is 122 Å². The second-order valence-corrected chi connectivity index (χ2v) is 4.66. The summed E-state index contributed by atoms with van der Waals surface area (Å²) in [6, 6.07) is 0. The summed E-state index contributed by atoms with van der Waals surface area (Å²) in [5.41, 5.74) is 1.21. The highest BCUT2D eigenvalue weighted by Crippen LogP contribution is 2.15. The number of hydrogen-bond donors (Lipinski definition) is 0. The van der Waals surface area contributed by atoms with Crippen molar-refractivity contribution >= 4 is 30.6 Å². The third-order valence-electron chi connectivity index (χ3n) is 3.21. The van der Waals surface area contributed by atoms with Crippen molar-refractivity contribution in [3.63, 3.8) is 0 Å². The van der Waals surface area contributed by atoms with Crippen LogP contribution in [0, 0.1) is 0 Å². The molecule has 0 N–H and O–H groups in total. The van der Waals surface area contributed by atoms with Crippen LogP contribution in [0.15, 0.2) is 16.2 Å². The maximum Gasteiger partial charge on any atom is 0.229 e. The average molecular weight is 287 g/mol. The molecular weight excluding hydrogens is 270 g/mol. The van der Waals surface area contributed by atoms with Crippen molar-refractivity contribution in [2.75, 3.05) is 13.6 Å². The molecule has 7 heteroatoms. The van der Waals surface area contributed by atoms with Crippen molar-refractivity contribution < 1.29 is 9.59 Å². The van der Waals surface area contributed by atoms with E-state index in [0.29, 0.717) is 49.4 Å². The van der Waals surface area contributed by atoms with Crippen molar-refractivity contribution in [3.8, 4) is 0 Å². The molecule has 1 aliphatic heterocycles. The standard InChI is InChI=1S/C14H17N5O2/c1-15-9-11-14(16-2)18-10(8-17-11)6-7-19-12(20)4-3-5-13(19)21/h8-9H,2-7H2,1H3. The molecule has 1 fully saturated rings. The molecule has 2 heterocycles. The van der Waals surface area contributed by atoms with Gasteiger partial charge in [0.25, 0.3) is 0 Å². The molecule has 21 heavy (non-hydrogen) atoms. The van der Waals surface area contributed by atoms with Crippen LogP contribution in [0.5, 0.6) is 0 Å². The number of imide groups is 1. The lowest BCUT2D eigenvalue weighted by molar-refractivity contribution is -0.147. The van der Waals surface area contributed by atoms with Gasteiger partial charge in [0, 0.05) is 39.1 Å². The molecular formula is C14H17N5O2. The monoisotopic (exact) mass is 287 g/mol. The summed E-state index contributed by atoms with van der Waals surface area (Å²) in [4.78, 5) is 40.9. The largest absolute Gasteiger partial charge is 0.294 e. The van der Waals surface area contributed by atoms with Crippen LogP contribution in [0.25, 0.3) is 0 Å². The quantitative estimate of drug-likeness (QED) is 0.595. The molecule has 1 aromatic heterocycles. The smallest absolute Gasteiger partial charge is 0.229 e. The number of nitrogens with zero attached hydrogens (tertiary/aromatic N) is 5. The first-order chi connectivity index (χ1) is 10.2. The second kappa shape index (κ2) is 6.83. The summed E-state index contributed by atoms with van der Waals surface area (Å²) < 4.78 is 0. The van der Waals surface area contributed by atoms with Gasteiger partial charge in [0.1, 0.15) is 5.69 Å². The Morgan fingerprint density at radius 2 is 2.10 bits per heavy atom. The number of carbonyl (C=O) groups is 2. The van der Waals surface area contributed by atoms with Gasteiger partial charge in [0.15, 0.2) is 5.82 Å². The zero-order valence-electron chi connectivity index (χ0n) is 11.9. The van der Waals surface area contributed by atoms with E-state index >= 15 is 0 Å². The van der Waals surface area contributed by atoms with Crippen LogP contribution in [0.2, 0.25) is 0 Å². The Balaban J connectivity index is 2.08. The number of amides is 2. The number of rotatable bonds is 5. The van der Waals surface area contributed by atoms with Crippen LogP contribution in [0.1, 0.15) is 30.7 Å². The summed E-state index contributed by atoms with van der Waals surface area (Å²) in [5.74, 6) is 0.168. The van der Waals surface area contributed by atoms with Crippen molar-refractivity contribution in [2.24, 2.45) is 9.98 Å². The van der Waals surface area contributed by atoms with E-state index in [1.807, 2.05) is 0 Å². The Kier molecular flexibility index (Phi) is 4.86. The highest BCUT2D eigenvalue weighted by molar-refractivity contribution is 5.97. The minimum absolute atomic E-state index is 0.115. The number of aliphatic imine (C=N–C) groups is 2. The molecule has 0 atom stereocenters. The highest BCUT2D eigenvalue weighted by atomic mass is 16.2. The molecule has 0 spiro atoms. The Morgan fingerprint density at radius 1 is 1.38 bits per heavy atom. The summed E-state index contributed by atoms with van der Waals surface area (Å²) in [5, 5.41) is 0. The van der Waals surface area contributed by atoms with Crippen LogP contribution < -0.4 is 0 Å². The van der Waals surface area contributed by atoms with Gasteiger partial charge in [-0.15, -0.1) is 0 Å². The lowest BCUT2D eigenvalue weighted by Gasteiger charge is -2.24. The predicted molar refractivity (Wildman–Crippen MR) is 79.0 cm³/mol. The van der Waals surface area contributed by atoms with Gasteiger partial charge in [-0.1, -0.05) is 0 Å². The van der Waals surface area contributed by atoms with Gasteiger partial charge in [-0.05, 0) is 13.1 Å². The number of likely N-dealkylation sites (tertiary alicyclic amines) is 1. The first kappa shape index (κ1) is 15.0. The molecule has 7 nitrogen and oxygen atoms in total. The molecule has 0 aliphatic carbocycles. The molecule has 0 unspecified atom stereocenters. The van der Waals surface area contributed by atoms with Gasteiger partial charge in [-0.2, -0.15) is 0 Å². The number of piperidine rings is 1. The summed E-state index contributed by atoms with van der Waals surface area (Å²) in [6.07, 6.45) is 5.12. The van der Waals surface area contributed by atoms with E-state index in [9.17, 15) is 9.59 Å². The molecule has 1 saturated heterocycles. The predicted octanol–water partition coefficient (Wildman–Crippen LogP) is 0.939. The van der Waals surface area contributed by atoms with Crippen molar-refractivity contribution in [1.82, 2.24) is 14.9 Å². The molecule has 0 bridgehead atoms. The van der Waals surface area contributed by atoms with Crippen LogP contribution in [-0.4, -0.2) is 53.2 Å². The van der Waals surface area contributed by atoms with Gasteiger partial charge < -0.3 is 0 Å². The van der Waals surface area contributed by atoms with E-state index < -0.39 is 0 Å². The van der Waals surface area contributed by atoms with Crippen LogP contribution in [0.4, 0.5) is 5.82 Å². The van der Waals surface area contributed by atoms with Crippen molar-refractivity contribution in [1.29, 1.82) is 0 Å². The van der Waals surface area contributed by atoms with Gasteiger partial charge in [-0.3, -0.25) is 19.5 Å². The first-order valence-electron chi connectivity index (χ1n) is 6.73. The van der Waals surface area contributed by atoms with E-state index in [4.69, 9.17) is 0 Å². The topological polar surface area (TPSA) is 87.9 Å². The molecule has 0 saturated carbocycles. The fourth-order valence-electron chi connectivity index (χ4n) is 2.15. The van der Waals surface area contributed by atoms with E-state index in [1.54, 1.807) is 19.5 Å². The highest BCUT2D eigenvalue weighted by Gasteiger charge is 2.25. The molecule has 0 radical (unpaired) electrons. The fraction of sp³-hybridized carbons (Fsp3) is 0.429. The van der Waals surface area contributed by atoms with Gasteiger partial charge >= 0.3 is 0 Å². The maximum atomic E-state index is 11.7. The Bertz CT molecular complexity index is 581. The fourth-order valence-corrected chi connectivity index (χ4v) is 2.15. The van der Waals surface area contributed by atoms with E-state index in [1.165, 1.54) is 4.90 Å². The number of carbonyl (C=O) groups excluding carboxylic acids is 2. The maximum absolute atomic E-state index is 11.7. The van der Waals surface area contributed by atoms with Crippen molar-refractivity contribution in [2.45, 2.75) is 25.7 Å². The van der Waals surface area contributed by atoms with Crippen molar-refractivity contribution in [3.05, 3.63) is 17.6 Å². The zero-order valence-corrected chi connectivity index (χ0v) is 11.9. The molecule has 1 aromatic rings. The summed E-state index contributed by atoms with van der Waals surface area (Å²) in [6.45, 7) is 3.78. The number of hydrogen-bond acceptors (Lipinski definition) is 6. The Hall–Kier alpha value is -2.44. The van der Waals surface area contributed by atoms with Gasteiger partial charge in [0.05, 0.1) is 11.9 Å². The lowest BCUT2D eigenvalue weighted by atomic mass is 10.1. The first-order valence-corrected chi connectivity index (χ1v) is 6.73. The van der Waals surface area contributed by atoms with E-state index in [-0.39, 0.29) is 11.8 Å². The third-order valence-corrected chi connectivity index (χ3v) is 3.21. The Morgan fingerprint density at radius 3 is 2.71 bits per heavy atom. The third kappa shape index (κ3) is 3.56. The number of aromatic nitrogens is 2. The van der Waals surface area contributed by atoms with E-state index in [0.717, 1.165) is 0 Å². The van der Waals surface area contributed by atoms with Crippen LogP contribution >= 0.6 is 0 Å². The minimum Gasteiger partial charge on any atom is -0.294 e. The summed E-state index contributed by atoms with van der Waals surface area (Å²) >= 11 is 0. The average Bonchev–Trinajstić information content (AvgIpc) is 2.48. The molecule has 0 aromatic carbocycles. The van der Waals surface area contributed by atoms with Gasteiger partial charge in [0.2, 0.25) is 11.8 Å². The SMILES string of the molecule is C=Nc1nc(CCN2C(=O)CCCC2=O)cnc1C=NC. The summed E-state index contributed by atoms with van der Waals surface area (Å²) in [7, 11) is 1.63.